The number of hydrogen-bond acceptors (Lipinski definition) is 1. The minimum atomic E-state index is -0.199. The van der Waals surface area contributed by atoms with Crippen LogP contribution in [0.15, 0.2) is 144 Å². The Morgan fingerprint density at radius 3 is 1.79 bits per heavy atom. The first-order chi connectivity index (χ1) is 23.4. The van der Waals surface area contributed by atoms with Gasteiger partial charge in [-0.05, 0) is 87.3 Å². The summed E-state index contributed by atoms with van der Waals surface area (Å²) in [6, 6.07) is 50.9. The zero-order valence-electron chi connectivity index (χ0n) is 27.4. The van der Waals surface area contributed by atoms with Crippen LogP contribution in [0, 0.1) is 5.92 Å². The van der Waals surface area contributed by atoms with Crippen molar-refractivity contribution in [2.75, 3.05) is 0 Å². The lowest BCUT2D eigenvalue weighted by Crippen LogP contribution is -2.41. The van der Waals surface area contributed by atoms with Crippen LogP contribution in [0.2, 0.25) is 0 Å². The summed E-state index contributed by atoms with van der Waals surface area (Å²) >= 11 is 0. The number of hydrogen-bond donors (Lipinski definition) is 0. The Morgan fingerprint density at radius 1 is 0.542 bits per heavy atom. The molecule has 6 aromatic carbocycles. The summed E-state index contributed by atoms with van der Waals surface area (Å²) in [7, 11) is 0. The molecule has 2 heteroatoms. The Balaban J connectivity index is 1.22. The minimum absolute atomic E-state index is 0.0365. The molecular weight excluding hydrogens is 583 g/mol. The zero-order chi connectivity index (χ0) is 32.2. The van der Waals surface area contributed by atoms with Crippen molar-refractivity contribution in [3.63, 3.8) is 0 Å². The monoisotopic (exact) mass is 617 g/mol. The van der Waals surface area contributed by atoms with Crippen LogP contribution in [-0.4, -0.2) is 4.57 Å². The molecular formula is C46H35NO. The molecule has 2 aliphatic carbocycles. The quantitative estimate of drug-likeness (QED) is 0.193. The van der Waals surface area contributed by atoms with Crippen LogP contribution in [0.5, 0.6) is 0 Å². The molecule has 0 fully saturated rings. The normalized spacial score (nSPS) is 19.1. The van der Waals surface area contributed by atoms with Gasteiger partial charge in [-0.15, -0.1) is 0 Å². The van der Waals surface area contributed by atoms with E-state index in [2.05, 4.69) is 177 Å². The fourth-order valence-corrected chi connectivity index (χ4v) is 9.04. The SMILES string of the molecule is CC1(C)c2ccc(-n3c4ccc(-c5ccccc5)cc4c4cc(-c5ccccc5)ccc43)cc2C2(C)C=c3oc4ccccc4c3=CC12. The van der Waals surface area contributed by atoms with E-state index >= 15 is 0 Å². The molecule has 2 aromatic heterocycles. The number of fused-ring (bicyclic) bond motifs is 9. The van der Waals surface area contributed by atoms with E-state index < -0.39 is 0 Å². The van der Waals surface area contributed by atoms with E-state index in [-0.39, 0.29) is 10.8 Å². The summed E-state index contributed by atoms with van der Waals surface area (Å²) in [5, 5.41) is 4.96. The summed E-state index contributed by atoms with van der Waals surface area (Å²) in [5.41, 5.74) is 13.0. The van der Waals surface area contributed by atoms with Gasteiger partial charge in [0.25, 0.3) is 0 Å². The largest absolute Gasteiger partial charge is 0.456 e. The second-order valence-electron chi connectivity index (χ2n) is 14.4. The van der Waals surface area contributed by atoms with Crippen LogP contribution in [0.3, 0.4) is 0 Å². The maximum absolute atomic E-state index is 6.47. The van der Waals surface area contributed by atoms with E-state index in [4.69, 9.17) is 4.42 Å². The molecule has 48 heavy (non-hydrogen) atoms. The number of rotatable bonds is 3. The summed E-state index contributed by atoms with van der Waals surface area (Å²) in [4.78, 5) is 0. The highest BCUT2D eigenvalue weighted by Gasteiger charge is 2.52. The molecule has 0 bridgehead atoms. The van der Waals surface area contributed by atoms with Crippen molar-refractivity contribution in [3.8, 4) is 27.9 Å². The summed E-state index contributed by atoms with van der Waals surface area (Å²) in [6.45, 7) is 7.23. The maximum Gasteiger partial charge on any atom is 0.135 e. The molecule has 0 N–H and O–H groups in total. The molecule has 10 rings (SSSR count). The highest BCUT2D eigenvalue weighted by molar-refractivity contribution is 6.11. The first kappa shape index (κ1) is 27.5. The molecule has 2 unspecified atom stereocenters. The van der Waals surface area contributed by atoms with Crippen molar-refractivity contribution < 1.29 is 4.42 Å². The van der Waals surface area contributed by atoms with Crippen molar-refractivity contribution in [3.05, 3.63) is 161 Å². The topological polar surface area (TPSA) is 18.1 Å². The highest BCUT2D eigenvalue weighted by atomic mass is 16.3. The van der Waals surface area contributed by atoms with Gasteiger partial charge < -0.3 is 8.98 Å². The van der Waals surface area contributed by atoms with Gasteiger partial charge in [-0.2, -0.15) is 0 Å². The van der Waals surface area contributed by atoms with Gasteiger partial charge in [-0.3, -0.25) is 0 Å². The van der Waals surface area contributed by atoms with E-state index in [1.165, 1.54) is 71.5 Å². The molecule has 8 aromatic rings. The molecule has 0 saturated carbocycles. The standard InChI is InChI=1S/C46H35NO/c1-45(2)38-21-20-33(26-39(38)46(3)28-43-37(27-44(45)46)34-16-10-11-17-42(34)48-43)47-40-22-18-31(29-12-6-4-7-13-29)24-35(40)36-25-32(19-23-41(36)47)30-14-8-5-9-15-30/h4-28,44H,1-3H3. The van der Waals surface area contributed by atoms with Gasteiger partial charge in [-0.25, -0.2) is 0 Å². The van der Waals surface area contributed by atoms with Crippen LogP contribution in [0.4, 0.5) is 0 Å². The molecule has 2 aliphatic rings. The van der Waals surface area contributed by atoms with Crippen molar-refractivity contribution >= 4 is 44.9 Å². The lowest BCUT2D eigenvalue weighted by molar-refractivity contribution is 0.353. The van der Waals surface area contributed by atoms with Crippen molar-refractivity contribution in [1.82, 2.24) is 4.57 Å². The van der Waals surface area contributed by atoms with Gasteiger partial charge in [-0.1, -0.05) is 124 Å². The predicted molar refractivity (Wildman–Crippen MR) is 200 cm³/mol. The lowest BCUT2D eigenvalue weighted by Gasteiger charge is -2.35. The predicted octanol–water partition coefficient (Wildman–Crippen LogP) is 10.3. The highest BCUT2D eigenvalue weighted by Crippen LogP contribution is 2.56. The number of aromatic nitrogens is 1. The van der Waals surface area contributed by atoms with Crippen LogP contribution in [-0.2, 0) is 10.8 Å². The molecule has 0 amide bonds. The zero-order valence-corrected chi connectivity index (χ0v) is 27.4. The molecule has 0 spiro atoms. The van der Waals surface area contributed by atoms with E-state index in [1.54, 1.807) is 0 Å². The fraction of sp³-hybridized carbons (Fsp3) is 0.130. The Kier molecular flexibility index (Phi) is 5.57. The van der Waals surface area contributed by atoms with E-state index in [0.29, 0.717) is 5.92 Å². The van der Waals surface area contributed by atoms with Gasteiger partial charge in [0.2, 0.25) is 0 Å². The summed E-state index contributed by atoms with van der Waals surface area (Å²) in [5.74, 6) is 0.309. The molecule has 0 saturated heterocycles. The summed E-state index contributed by atoms with van der Waals surface area (Å²) in [6.07, 6.45) is 4.91. The second-order valence-corrected chi connectivity index (χ2v) is 14.4. The van der Waals surface area contributed by atoms with Crippen molar-refractivity contribution in [1.29, 1.82) is 0 Å². The third-order valence-electron chi connectivity index (χ3n) is 11.4. The lowest BCUT2D eigenvalue weighted by atomic mass is 9.67. The minimum Gasteiger partial charge on any atom is -0.456 e. The van der Waals surface area contributed by atoms with E-state index in [1.807, 2.05) is 0 Å². The Bertz CT molecular complexity index is 2610. The first-order valence-electron chi connectivity index (χ1n) is 17.0. The van der Waals surface area contributed by atoms with Gasteiger partial charge in [0.1, 0.15) is 11.0 Å². The van der Waals surface area contributed by atoms with Gasteiger partial charge in [0.15, 0.2) is 0 Å². The Hall–Kier alpha value is -5.60. The third-order valence-corrected chi connectivity index (χ3v) is 11.4. The van der Waals surface area contributed by atoms with Crippen LogP contribution in [0.1, 0.15) is 31.9 Å². The molecule has 2 atom stereocenters. The Morgan fingerprint density at radius 2 is 1.15 bits per heavy atom. The number of benzene rings is 6. The second kappa shape index (κ2) is 9.71. The van der Waals surface area contributed by atoms with Crippen molar-refractivity contribution in [2.24, 2.45) is 5.92 Å². The van der Waals surface area contributed by atoms with Gasteiger partial charge in [0.05, 0.1) is 11.0 Å². The smallest absolute Gasteiger partial charge is 0.135 e. The molecule has 2 heterocycles. The third kappa shape index (κ3) is 3.75. The average molecular weight is 618 g/mol. The van der Waals surface area contributed by atoms with Crippen LogP contribution in [0.25, 0.3) is 72.9 Å². The average Bonchev–Trinajstić information content (AvgIpc) is 3.70. The number of furan rings is 1. The van der Waals surface area contributed by atoms with Crippen molar-refractivity contribution in [2.45, 2.75) is 31.6 Å². The fourth-order valence-electron chi connectivity index (χ4n) is 9.04. The van der Waals surface area contributed by atoms with Gasteiger partial charge >= 0.3 is 0 Å². The Labute approximate surface area is 279 Å². The van der Waals surface area contributed by atoms with E-state index in [9.17, 15) is 0 Å². The van der Waals surface area contributed by atoms with Gasteiger partial charge in [0, 0.05) is 38.4 Å². The molecule has 0 radical (unpaired) electrons. The molecule has 230 valence electrons. The number of para-hydroxylation sites is 1. The molecule has 0 aliphatic heterocycles. The van der Waals surface area contributed by atoms with Crippen LogP contribution >= 0.6 is 0 Å². The number of nitrogens with zero attached hydrogens (tertiary/aromatic N) is 1. The molecule has 2 nitrogen and oxygen atoms in total. The van der Waals surface area contributed by atoms with Crippen LogP contribution < -0.4 is 10.6 Å². The first-order valence-corrected chi connectivity index (χ1v) is 17.0. The summed E-state index contributed by atoms with van der Waals surface area (Å²) < 4.78 is 8.94. The maximum atomic E-state index is 6.47. The van der Waals surface area contributed by atoms with E-state index in [0.717, 1.165) is 11.0 Å².